The predicted octanol–water partition coefficient (Wildman–Crippen LogP) is 4.03. The molecule has 0 saturated heterocycles. The van der Waals surface area contributed by atoms with E-state index in [0.29, 0.717) is 11.6 Å². The van der Waals surface area contributed by atoms with Crippen molar-refractivity contribution in [3.8, 4) is 0 Å². The summed E-state index contributed by atoms with van der Waals surface area (Å²) >= 11 is 5.29. The van der Waals surface area contributed by atoms with Crippen molar-refractivity contribution in [3.63, 3.8) is 0 Å². The van der Waals surface area contributed by atoms with Crippen LogP contribution in [0.2, 0.25) is 0 Å². The zero-order valence-electron chi connectivity index (χ0n) is 15.0. The Balaban J connectivity index is 1.45. The lowest BCUT2D eigenvalue weighted by atomic mass is 9.88. The summed E-state index contributed by atoms with van der Waals surface area (Å²) in [5.41, 5.74) is 4.23. The fourth-order valence-electron chi connectivity index (χ4n) is 4.00. The first-order chi connectivity index (χ1) is 13.2. The highest BCUT2D eigenvalue weighted by molar-refractivity contribution is 7.79. The number of thiocarbonyl (C=S) groups is 1. The highest BCUT2D eigenvalue weighted by atomic mass is 32.1. The fraction of sp³-hybridized carbons (Fsp3) is 0.273. The van der Waals surface area contributed by atoms with Crippen molar-refractivity contribution in [2.75, 3.05) is 6.67 Å². The summed E-state index contributed by atoms with van der Waals surface area (Å²) in [7, 11) is 0. The normalized spacial score (nSPS) is 19.6. The molecule has 2 unspecified atom stereocenters. The summed E-state index contributed by atoms with van der Waals surface area (Å²) in [6.45, 7) is 0.797. The van der Waals surface area contributed by atoms with Crippen molar-refractivity contribution in [1.82, 2.24) is 9.80 Å². The molecule has 1 aliphatic carbocycles. The van der Waals surface area contributed by atoms with Gasteiger partial charge >= 0.3 is 5.97 Å². The van der Waals surface area contributed by atoms with Gasteiger partial charge in [0, 0.05) is 23.8 Å². The first kappa shape index (κ1) is 17.7. The summed E-state index contributed by atoms with van der Waals surface area (Å²) in [5, 5.41) is 10.8. The van der Waals surface area contributed by atoms with Gasteiger partial charge in [-0.25, -0.2) is 4.79 Å². The number of carboxylic acid groups (broad SMARTS) is 1. The van der Waals surface area contributed by atoms with Crippen LogP contribution in [-0.4, -0.2) is 39.0 Å². The largest absolute Gasteiger partial charge is 0.478 e. The van der Waals surface area contributed by atoms with E-state index in [-0.39, 0.29) is 6.04 Å². The Hall–Kier alpha value is -2.66. The van der Waals surface area contributed by atoms with Gasteiger partial charge in [0.25, 0.3) is 0 Å². The van der Waals surface area contributed by atoms with Crippen molar-refractivity contribution < 1.29 is 9.90 Å². The van der Waals surface area contributed by atoms with E-state index in [9.17, 15) is 4.79 Å². The zero-order valence-corrected chi connectivity index (χ0v) is 15.8. The van der Waals surface area contributed by atoms with Crippen LogP contribution in [0.1, 0.15) is 39.5 Å². The molecule has 2 atom stereocenters. The van der Waals surface area contributed by atoms with Crippen LogP contribution < -0.4 is 0 Å². The number of aryl methyl sites for hydroxylation is 1. The summed E-state index contributed by atoms with van der Waals surface area (Å²) in [5.74, 6) is -0.912. The molecule has 0 spiro atoms. The molecule has 0 amide bonds. The molecule has 2 aliphatic rings. The number of benzene rings is 2. The van der Waals surface area contributed by atoms with E-state index in [4.69, 9.17) is 17.3 Å². The van der Waals surface area contributed by atoms with Crippen LogP contribution in [-0.2, 0) is 12.8 Å². The second-order valence-electron chi connectivity index (χ2n) is 7.14. The van der Waals surface area contributed by atoms with Crippen LogP contribution in [0, 0.1) is 0 Å². The van der Waals surface area contributed by atoms with Gasteiger partial charge in [-0.15, -0.1) is 0 Å². The number of nitrogens with zero attached hydrogens (tertiary/aromatic N) is 2. The third kappa shape index (κ3) is 3.60. The molecule has 0 radical (unpaired) electrons. The third-order valence-electron chi connectivity index (χ3n) is 5.55. The number of hydrogen-bond donors (Lipinski definition) is 1. The van der Waals surface area contributed by atoms with Gasteiger partial charge < -0.3 is 14.9 Å². The van der Waals surface area contributed by atoms with Gasteiger partial charge in [-0.1, -0.05) is 48.6 Å². The molecule has 2 aromatic rings. The van der Waals surface area contributed by atoms with Crippen molar-refractivity contribution in [3.05, 3.63) is 83.2 Å². The topological polar surface area (TPSA) is 43.8 Å². The molecule has 1 heterocycles. The molecule has 1 N–H and O–H groups in total. The Kier molecular flexibility index (Phi) is 4.94. The lowest BCUT2D eigenvalue weighted by molar-refractivity contribution is 0.0697. The third-order valence-corrected chi connectivity index (χ3v) is 5.81. The van der Waals surface area contributed by atoms with Crippen LogP contribution in [0.3, 0.4) is 0 Å². The number of aromatic carboxylic acids is 1. The lowest BCUT2D eigenvalue weighted by Gasteiger charge is -2.35. The minimum absolute atomic E-state index is 0.0417. The predicted molar refractivity (Wildman–Crippen MR) is 110 cm³/mol. The minimum Gasteiger partial charge on any atom is -0.478 e. The van der Waals surface area contributed by atoms with E-state index in [1.807, 2.05) is 12.1 Å². The minimum atomic E-state index is -0.912. The maximum atomic E-state index is 11.1. The molecule has 0 fully saturated rings. The van der Waals surface area contributed by atoms with Gasteiger partial charge in [0.2, 0.25) is 0 Å². The molecule has 4 nitrogen and oxygen atoms in total. The van der Waals surface area contributed by atoms with Gasteiger partial charge in [0.15, 0.2) is 0 Å². The molecule has 0 bridgehead atoms. The Morgan fingerprint density at radius 3 is 2.56 bits per heavy atom. The molecular formula is C22H22N2O2S. The fourth-order valence-corrected chi connectivity index (χ4v) is 4.32. The Labute approximate surface area is 164 Å². The van der Waals surface area contributed by atoms with Crippen LogP contribution in [0.5, 0.6) is 0 Å². The van der Waals surface area contributed by atoms with Crippen LogP contribution in [0.4, 0.5) is 0 Å². The van der Waals surface area contributed by atoms with E-state index >= 15 is 0 Å². The van der Waals surface area contributed by atoms with Gasteiger partial charge in [0.1, 0.15) is 0 Å². The monoisotopic (exact) mass is 378 g/mol. The summed E-state index contributed by atoms with van der Waals surface area (Å²) < 4.78 is 0. The molecule has 5 heteroatoms. The van der Waals surface area contributed by atoms with Crippen LogP contribution in [0.25, 0.3) is 0 Å². The first-order valence-electron chi connectivity index (χ1n) is 9.21. The molecule has 0 saturated carbocycles. The number of carbonyl (C=O) groups is 1. The second-order valence-corrected chi connectivity index (χ2v) is 7.41. The molecule has 2 aromatic carbocycles. The van der Waals surface area contributed by atoms with Crippen molar-refractivity contribution in [1.29, 1.82) is 0 Å². The van der Waals surface area contributed by atoms with E-state index in [0.717, 1.165) is 31.5 Å². The lowest BCUT2D eigenvalue weighted by Crippen LogP contribution is -2.38. The molecule has 138 valence electrons. The second kappa shape index (κ2) is 7.53. The summed E-state index contributed by atoms with van der Waals surface area (Å²) in [4.78, 5) is 15.7. The van der Waals surface area contributed by atoms with Gasteiger partial charge in [-0.05, 0) is 48.1 Å². The van der Waals surface area contributed by atoms with Gasteiger partial charge in [-0.2, -0.15) is 0 Å². The zero-order chi connectivity index (χ0) is 18.8. The molecular weight excluding hydrogens is 356 g/mol. The van der Waals surface area contributed by atoms with Crippen molar-refractivity contribution >= 4 is 23.6 Å². The molecule has 0 aromatic heterocycles. The van der Waals surface area contributed by atoms with E-state index in [1.165, 1.54) is 11.1 Å². The maximum Gasteiger partial charge on any atom is 0.335 e. The van der Waals surface area contributed by atoms with E-state index in [1.54, 1.807) is 17.5 Å². The van der Waals surface area contributed by atoms with Gasteiger partial charge in [0.05, 0.1) is 18.3 Å². The summed E-state index contributed by atoms with van der Waals surface area (Å²) in [6, 6.07) is 16.2. The van der Waals surface area contributed by atoms with Crippen LogP contribution >= 0.6 is 12.2 Å². The highest BCUT2D eigenvalue weighted by Crippen LogP contribution is 2.29. The Morgan fingerprint density at radius 1 is 1.11 bits per heavy atom. The standard InChI is InChI=1S/C22H22N2O2S/c25-22(26)18-7-5-17(6-8-18)21(14-27)24-12-11-23(15-24)20-10-9-16-3-1-2-4-19(16)13-20/h1-8,11-12,14,20-21H,9-10,13,15H2,(H,25,26). The van der Waals surface area contributed by atoms with Crippen molar-refractivity contribution in [2.45, 2.75) is 31.3 Å². The summed E-state index contributed by atoms with van der Waals surface area (Å²) in [6.07, 6.45) is 7.61. The average Bonchev–Trinajstić information content (AvgIpc) is 3.18. The number of carboxylic acids is 1. The Bertz CT molecular complexity index is 878. The maximum absolute atomic E-state index is 11.1. The van der Waals surface area contributed by atoms with E-state index in [2.05, 4.69) is 46.5 Å². The number of fused-ring (bicyclic) bond motifs is 1. The van der Waals surface area contributed by atoms with Crippen LogP contribution in [0.15, 0.2) is 60.9 Å². The average molecular weight is 378 g/mol. The van der Waals surface area contributed by atoms with E-state index < -0.39 is 5.97 Å². The number of rotatable bonds is 5. The molecule has 4 rings (SSSR count). The molecule has 27 heavy (non-hydrogen) atoms. The smallest absolute Gasteiger partial charge is 0.335 e. The van der Waals surface area contributed by atoms with Gasteiger partial charge in [-0.3, -0.25) is 0 Å². The Morgan fingerprint density at radius 2 is 1.85 bits per heavy atom. The SMILES string of the molecule is O=C(O)c1ccc(C(C=S)N2C=CN(C3CCc4ccccc4C3)C2)cc1. The highest BCUT2D eigenvalue weighted by Gasteiger charge is 2.28. The van der Waals surface area contributed by atoms with Crippen molar-refractivity contribution in [2.24, 2.45) is 0 Å². The molecule has 1 aliphatic heterocycles. The quantitative estimate of drug-likeness (QED) is 0.796. The number of hydrogen-bond acceptors (Lipinski definition) is 4. The first-order valence-corrected chi connectivity index (χ1v) is 9.68.